The molecule has 2 N–H and O–H groups in total. The summed E-state index contributed by atoms with van der Waals surface area (Å²) in [5.74, 6) is 3.27. The molecule has 5 aliphatic rings. The zero-order valence-electron chi connectivity index (χ0n) is 12.2. The molecule has 2 atom stereocenters. The topological polar surface area (TPSA) is 24.7 Å². The molecule has 4 saturated carbocycles. The summed E-state index contributed by atoms with van der Waals surface area (Å²) in [5, 5.41) is 9.48. The zero-order chi connectivity index (χ0) is 12.9. The molecular weight excluding hydrogens is 234 g/mol. The fourth-order valence-electron chi connectivity index (χ4n) is 6.56. The number of hydrogen-bond donors (Lipinski definition) is 2. The third-order valence-corrected chi connectivity index (χ3v) is 6.99. The molecule has 1 unspecified atom stereocenters. The summed E-state index contributed by atoms with van der Waals surface area (Å²) in [4.78, 5) is 1.72. The molecule has 0 radical (unpaired) electrons. The third-order valence-electron chi connectivity index (χ3n) is 6.99. The van der Waals surface area contributed by atoms with E-state index in [2.05, 4.69) is 0 Å². The predicted octanol–water partition coefficient (Wildman–Crippen LogP) is 1.63. The molecule has 5 fully saturated rings. The van der Waals surface area contributed by atoms with Crippen molar-refractivity contribution in [2.45, 2.75) is 63.8 Å². The normalized spacial score (nSPS) is 51.9. The van der Waals surface area contributed by atoms with E-state index in [4.69, 9.17) is 0 Å². The van der Waals surface area contributed by atoms with E-state index >= 15 is 0 Å². The largest absolute Gasteiger partial charge is 0.390 e. The lowest BCUT2D eigenvalue weighted by Gasteiger charge is -2.57. The summed E-state index contributed by atoms with van der Waals surface area (Å²) in [6.07, 6.45) is 13.4. The lowest BCUT2D eigenvalue weighted by atomic mass is 9.49. The number of hydrogen-bond acceptors (Lipinski definition) is 1. The van der Waals surface area contributed by atoms with Crippen LogP contribution in [0.5, 0.6) is 0 Å². The van der Waals surface area contributed by atoms with Gasteiger partial charge in [0.1, 0.15) is 6.04 Å². The van der Waals surface area contributed by atoms with Gasteiger partial charge < -0.3 is 10.0 Å². The molecule has 0 amide bonds. The second kappa shape index (κ2) is 4.73. The van der Waals surface area contributed by atoms with Gasteiger partial charge in [0.15, 0.2) is 0 Å². The number of rotatable bonds is 4. The van der Waals surface area contributed by atoms with Gasteiger partial charge in [0, 0.05) is 19.3 Å². The van der Waals surface area contributed by atoms with Crippen molar-refractivity contribution in [2.24, 2.45) is 23.2 Å². The maximum Gasteiger partial charge on any atom is 0.111 e. The van der Waals surface area contributed by atoms with Crippen LogP contribution in [0.3, 0.4) is 0 Å². The zero-order valence-corrected chi connectivity index (χ0v) is 12.2. The lowest BCUT2D eigenvalue weighted by molar-refractivity contribution is -0.913. The Kier molecular flexibility index (Phi) is 3.15. The van der Waals surface area contributed by atoms with Gasteiger partial charge in [-0.1, -0.05) is 0 Å². The van der Waals surface area contributed by atoms with Crippen LogP contribution in [-0.4, -0.2) is 30.8 Å². The van der Waals surface area contributed by atoms with E-state index in [0.29, 0.717) is 12.6 Å². The first-order valence-corrected chi connectivity index (χ1v) is 8.72. The Morgan fingerprint density at radius 2 is 1.63 bits per heavy atom. The average Bonchev–Trinajstić information content (AvgIpc) is 2.82. The van der Waals surface area contributed by atoms with Gasteiger partial charge in [-0.05, 0) is 61.7 Å². The van der Waals surface area contributed by atoms with Gasteiger partial charge in [0.05, 0.1) is 19.7 Å². The molecule has 4 bridgehead atoms. The van der Waals surface area contributed by atoms with Gasteiger partial charge in [-0.15, -0.1) is 0 Å². The highest BCUT2D eigenvalue weighted by molar-refractivity contribution is 5.01. The van der Waals surface area contributed by atoms with Crippen LogP contribution in [0.1, 0.15) is 57.8 Å². The molecular formula is C17H30NO+. The van der Waals surface area contributed by atoms with Crippen LogP contribution in [0, 0.1) is 23.2 Å². The van der Waals surface area contributed by atoms with E-state index in [1.54, 1.807) is 43.4 Å². The van der Waals surface area contributed by atoms with Gasteiger partial charge in [0.25, 0.3) is 0 Å². The molecule has 1 aliphatic heterocycles. The van der Waals surface area contributed by atoms with E-state index in [0.717, 1.165) is 23.2 Å². The van der Waals surface area contributed by atoms with Gasteiger partial charge in [-0.25, -0.2) is 0 Å². The molecule has 1 heterocycles. The minimum Gasteiger partial charge on any atom is -0.390 e. The highest BCUT2D eigenvalue weighted by Crippen LogP contribution is 2.61. The van der Waals surface area contributed by atoms with Crippen molar-refractivity contribution in [3.63, 3.8) is 0 Å². The van der Waals surface area contributed by atoms with Crippen molar-refractivity contribution in [1.29, 1.82) is 0 Å². The van der Waals surface area contributed by atoms with Crippen molar-refractivity contribution >= 4 is 0 Å². The van der Waals surface area contributed by atoms with Crippen LogP contribution in [0.15, 0.2) is 0 Å². The minimum absolute atomic E-state index is 0.413. The van der Waals surface area contributed by atoms with Gasteiger partial charge >= 0.3 is 0 Å². The van der Waals surface area contributed by atoms with Crippen LogP contribution in [0.25, 0.3) is 0 Å². The molecule has 19 heavy (non-hydrogen) atoms. The Hall–Kier alpha value is -0.0800. The van der Waals surface area contributed by atoms with Crippen molar-refractivity contribution < 1.29 is 10.0 Å². The fraction of sp³-hybridized carbons (Fsp3) is 1.00. The smallest absolute Gasteiger partial charge is 0.111 e. The third kappa shape index (κ3) is 2.25. The van der Waals surface area contributed by atoms with Gasteiger partial charge in [0.2, 0.25) is 0 Å². The highest BCUT2D eigenvalue weighted by Gasteiger charge is 2.51. The summed E-state index contributed by atoms with van der Waals surface area (Å²) in [5.41, 5.74) is 0.740. The number of likely N-dealkylation sites (tertiary alicyclic amines) is 1. The molecule has 0 spiro atoms. The Labute approximate surface area is 117 Å². The summed E-state index contributed by atoms with van der Waals surface area (Å²) in [6, 6.07) is 0.564. The van der Waals surface area contributed by atoms with Crippen molar-refractivity contribution in [1.82, 2.24) is 0 Å². The van der Waals surface area contributed by atoms with Crippen LogP contribution in [0.4, 0.5) is 0 Å². The second-order valence-corrected chi connectivity index (χ2v) is 8.35. The average molecular weight is 264 g/mol. The highest BCUT2D eigenvalue weighted by atomic mass is 16.3. The van der Waals surface area contributed by atoms with Crippen molar-refractivity contribution in [3.05, 3.63) is 0 Å². The molecule has 2 heteroatoms. The summed E-state index contributed by atoms with van der Waals surface area (Å²) >= 11 is 0. The van der Waals surface area contributed by atoms with E-state index in [-0.39, 0.29) is 0 Å². The van der Waals surface area contributed by atoms with E-state index in [9.17, 15) is 5.11 Å². The predicted molar refractivity (Wildman–Crippen MR) is 76.0 cm³/mol. The standard InChI is InChI=1S/C17H29NO/c19-12-16-2-1-4-18(16)5-3-17-9-13-6-14(10-17)8-15(7-13)11-17/h13-16,19H,1-12H2/p+1/t13?,14?,15?,16-,17?/m1/s1. The molecule has 0 aromatic heterocycles. The Bertz CT molecular complexity index is 305. The van der Waals surface area contributed by atoms with Crippen LogP contribution < -0.4 is 4.90 Å². The monoisotopic (exact) mass is 264 g/mol. The lowest BCUT2D eigenvalue weighted by Crippen LogP contribution is -3.14. The molecule has 5 rings (SSSR count). The molecule has 0 aromatic rings. The quantitative estimate of drug-likeness (QED) is 0.792. The molecule has 1 saturated heterocycles. The van der Waals surface area contributed by atoms with E-state index in [1.807, 2.05) is 0 Å². The van der Waals surface area contributed by atoms with E-state index < -0.39 is 0 Å². The van der Waals surface area contributed by atoms with Crippen LogP contribution in [-0.2, 0) is 0 Å². The minimum atomic E-state index is 0.413. The van der Waals surface area contributed by atoms with Gasteiger partial charge in [-0.2, -0.15) is 0 Å². The first kappa shape index (κ1) is 12.6. The number of nitrogens with one attached hydrogen (secondary N) is 1. The summed E-state index contributed by atoms with van der Waals surface area (Å²) in [7, 11) is 0. The van der Waals surface area contributed by atoms with E-state index in [1.165, 1.54) is 32.4 Å². The first-order valence-electron chi connectivity index (χ1n) is 8.72. The molecule has 2 nitrogen and oxygen atoms in total. The molecule has 0 aromatic carbocycles. The maximum atomic E-state index is 9.48. The molecule has 4 aliphatic carbocycles. The SMILES string of the molecule is OC[C@H]1CCC[NH+]1CCC12CC3CC(CC(C3)C1)C2. The summed E-state index contributed by atoms with van der Waals surface area (Å²) in [6.45, 7) is 3.07. The number of aliphatic hydroxyl groups is 1. The van der Waals surface area contributed by atoms with Gasteiger partial charge in [-0.3, -0.25) is 0 Å². The Balaban J connectivity index is 1.40. The number of aliphatic hydroxyl groups excluding tert-OH is 1. The second-order valence-electron chi connectivity index (χ2n) is 8.35. The maximum absolute atomic E-state index is 9.48. The molecule has 108 valence electrons. The summed E-state index contributed by atoms with van der Waals surface area (Å²) < 4.78 is 0. The van der Waals surface area contributed by atoms with Crippen LogP contribution in [0.2, 0.25) is 0 Å². The Morgan fingerprint density at radius 3 is 2.21 bits per heavy atom. The fourth-order valence-corrected chi connectivity index (χ4v) is 6.56. The van der Waals surface area contributed by atoms with Crippen molar-refractivity contribution in [3.8, 4) is 0 Å². The number of quaternary nitrogens is 1. The Morgan fingerprint density at radius 1 is 1.00 bits per heavy atom. The van der Waals surface area contributed by atoms with Crippen LogP contribution >= 0.6 is 0 Å². The van der Waals surface area contributed by atoms with Crippen molar-refractivity contribution in [2.75, 3.05) is 19.7 Å². The first-order chi connectivity index (χ1) is 9.26.